The largest absolute Gasteiger partial charge is 0.466 e. The quantitative estimate of drug-likeness (QED) is 0.576. The van der Waals surface area contributed by atoms with Crippen molar-refractivity contribution in [3.05, 3.63) is 75.7 Å². The number of aromatic nitrogens is 1. The zero-order valence-corrected chi connectivity index (χ0v) is 18.0. The van der Waals surface area contributed by atoms with Crippen molar-refractivity contribution in [1.29, 1.82) is 0 Å². The highest BCUT2D eigenvalue weighted by Crippen LogP contribution is 2.24. The molecule has 1 aliphatic heterocycles. The highest BCUT2D eigenvalue weighted by Gasteiger charge is 2.31. The van der Waals surface area contributed by atoms with Gasteiger partial charge in [-0.15, -0.1) is 0 Å². The number of benzene rings is 2. The first-order valence-electron chi connectivity index (χ1n) is 10.4. The number of carbonyl (C=O) groups is 2. The molecule has 0 N–H and O–H groups in total. The summed E-state index contributed by atoms with van der Waals surface area (Å²) in [5.41, 5.74) is 0.837. The number of hydrogen-bond acceptors (Lipinski definition) is 4. The van der Waals surface area contributed by atoms with Gasteiger partial charge in [0.1, 0.15) is 0 Å². The van der Waals surface area contributed by atoms with Crippen LogP contribution in [0.2, 0.25) is 5.02 Å². The maximum atomic E-state index is 13.5. The molecular weight excluding hydrogens is 416 g/mol. The van der Waals surface area contributed by atoms with Crippen LogP contribution >= 0.6 is 11.6 Å². The van der Waals surface area contributed by atoms with Crippen LogP contribution in [0, 0.1) is 5.92 Å². The molecule has 3 aromatic rings. The summed E-state index contributed by atoms with van der Waals surface area (Å²) in [6.07, 6.45) is 3.02. The lowest BCUT2D eigenvalue weighted by Gasteiger charge is -2.32. The van der Waals surface area contributed by atoms with E-state index in [1.54, 1.807) is 60.5 Å². The van der Waals surface area contributed by atoms with Crippen LogP contribution in [-0.4, -0.2) is 41.0 Å². The van der Waals surface area contributed by atoms with Crippen LogP contribution in [0.3, 0.4) is 0 Å². The maximum Gasteiger partial charge on any atom is 0.310 e. The monoisotopic (exact) mass is 438 g/mol. The lowest BCUT2D eigenvalue weighted by molar-refractivity contribution is -0.149. The maximum absolute atomic E-state index is 13.5. The van der Waals surface area contributed by atoms with Gasteiger partial charge in [-0.05, 0) is 50.1 Å². The Morgan fingerprint density at radius 2 is 1.81 bits per heavy atom. The molecule has 6 nitrogen and oxygen atoms in total. The van der Waals surface area contributed by atoms with E-state index in [0.717, 1.165) is 6.42 Å². The number of ether oxygens (including phenoxy) is 1. The lowest BCUT2D eigenvalue weighted by Crippen LogP contribution is -2.43. The van der Waals surface area contributed by atoms with Gasteiger partial charge in [-0.2, -0.15) is 0 Å². The minimum atomic E-state index is -0.328. The van der Waals surface area contributed by atoms with Crippen molar-refractivity contribution in [1.82, 2.24) is 9.47 Å². The number of halogens is 1. The second-order valence-corrected chi connectivity index (χ2v) is 8.02. The fraction of sp³-hybridized carbons (Fsp3) is 0.292. The molecule has 1 fully saturated rings. The number of piperidine rings is 1. The number of likely N-dealkylation sites (tertiary alicyclic amines) is 1. The van der Waals surface area contributed by atoms with E-state index >= 15 is 0 Å². The van der Waals surface area contributed by atoms with Gasteiger partial charge in [-0.3, -0.25) is 19.0 Å². The molecule has 7 heteroatoms. The number of hydrogen-bond donors (Lipinski definition) is 0. The smallest absolute Gasteiger partial charge is 0.310 e. The van der Waals surface area contributed by atoms with Crippen molar-refractivity contribution in [2.75, 3.05) is 19.7 Å². The van der Waals surface area contributed by atoms with Crippen molar-refractivity contribution in [2.24, 2.45) is 5.92 Å². The minimum absolute atomic E-state index is 0.201. The van der Waals surface area contributed by atoms with Gasteiger partial charge in [0.25, 0.3) is 11.5 Å². The molecule has 0 bridgehead atoms. The standard InChI is InChI=1S/C24H23ClN2O4/c1-2-31-24(30)16-6-5-13-26(14-16)22(28)21-15-27(18-11-9-17(25)10-12-18)23(29)20-8-4-3-7-19(20)21/h3-4,7-12,15-16H,2,5-6,13-14H2,1H3. The SMILES string of the molecule is CCOC(=O)C1CCCN(C(=O)c2cn(-c3ccc(Cl)cc3)c(=O)c3ccccc23)C1. The zero-order valence-electron chi connectivity index (χ0n) is 17.2. The van der Waals surface area contributed by atoms with Crippen LogP contribution in [0.25, 0.3) is 16.5 Å². The molecule has 0 saturated carbocycles. The van der Waals surface area contributed by atoms with Crippen LogP contribution < -0.4 is 5.56 Å². The van der Waals surface area contributed by atoms with E-state index in [1.165, 1.54) is 4.57 Å². The minimum Gasteiger partial charge on any atom is -0.466 e. The molecule has 1 aromatic heterocycles. The first-order valence-corrected chi connectivity index (χ1v) is 10.7. The number of rotatable bonds is 4. The zero-order chi connectivity index (χ0) is 22.0. The van der Waals surface area contributed by atoms with Crippen molar-refractivity contribution in [2.45, 2.75) is 19.8 Å². The van der Waals surface area contributed by atoms with Crippen LogP contribution in [0.4, 0.5) is 0 Å². The van der Waals surface area contributed by atoms with E-state index in [4.69, 9.17) is 16.3 Å². The highest BCUT2D eigenvalue weighted by atomic mass is 35.5. The predicted molar refractivity (Wildman–Crippen MR) is 120 cm³/mol. The van der Waals surface area contributed by atoms with Gasteiger partial charge in [0.2, 0.25) is 0 Å². The van der Waals surface area contributed by atoms with Crippen molar-refractivity contribution in [3.63, 3.8) is 0 Å². The number of fused-ring (bicyclic) bond motifs is 1. The average Bonchev–Trinajstić information content (AvgIpc) is 2.80. The van der Waals surface area contributed by atoms with E-state index in [1.807, 2.05) is 6.07 Å². The Hall–Kier alpha value is -3.12. The van der Waals surface area contributed by atoms with E-state index in [-0.39, 0.29) is 23.4 Å². The molecule has 160 valence electrons. The molecule has 31 heavy (non-hydrogen) atoms. The normalized spacial score (nSPS) is 16.3. The van der Waals surface area contributed by atoms with Gasteiger partial charge < -0.3 is 9.64 Å². The molecule has 0 spiro atoms. The molecule has 2 heterocycles. The summed E-state index contributed by atoms with van der Waals surface area (Å²) in [5, 5.41) is 1.62. The Bertz CT molecular complexity index is 1190. The molecule has 1 aliphatic rings. The second-order valence-electron chi connectivity index (χ2n) is 7.58. The van der Waals surface area contributed by atoms with Gasteiger partial charge in [0, 0.05) is 40.8 Å². The lowest BCUT2D eigenvalue weighted by atomic mass is 9.97. The summed E-state index contributed by atoms with van der Waals surface area (Å²) in [5.74, 6) is -0.796. The summed E-state index contributed by atoms with van der Waals surface area (Å²) in [6.45, 7) is 2.96. The van der Waals surface area contributed by atoms with Gasteiger partial charge in [0.05, 0.1) is 18.1 Å². The van der Waals surface area contributed by atoms with Crippen molar-refractivity contribution in [3.8, 4) is 5.69 Å². The van der Waals surface area contributed by atoms with Crippen molar-refractivity contribution >= 4 is 34.2 Å². The Morgan fingerprint density at radius 1 is 1.10 bits per heavy atom. The molecule has 4 rings (SSSR count). The number of amides is 1. The Kier molecular flexibility index (Phi) is 6.09. The molecule has 2 aromatic carbocycles. The molecule has 1 unspecified atom stereocenters. The van der Waals surface area contributed by atoms with E-state index in [9.17, 15) is 14.4 Å². The third-order valence-corrected chi connectivity index (χ3v) is 5.84. The van der Waals surface area contributed by atoms with Crippen LogP contribution in [-0.2, 0) is 9.53 Å². The summed E-state index contributed by atoms with van der Waals surface area (Å²) < 4.78 is 6.63. The van der Waals surface area contributed by atoms with Gasteiger partial charge in [-0.1, -0.05) is 29.8 Å². The third kappa shape index (κ3) is 4.21. The third-order valence-electron chi connectivity index (χ3n) is 5.59. The van der Waals surface area contributed by atoms with Crippen molar-refractivity contribution < 1.29 is 14.3 Å². The Morgan fingerprint density at radius 3 is 2.52 bits per heavy atom. The first kappa shape index (κ1) is 21.1. The Balaban J connectivity index is 1.77. The van der Waals surface area contributed by atoms with Gasteiger partial charge in [0.15, 0.2) is 0 Å². The molecule has 1 atom stereocenters. The van der Waals surface area contributed by atoms with Crippen LogP contribution in [0.15, 0.2) is 59.5 Å². The van der Waals surface area contributed by atoms with Gasteiger partial charge >= 0.3 is 5.97 Å². The highest BCUT2D eigenvalue weighted by molar-refractivity contribution is 6.30. The molecular formula is C24H23ClN2O4. The molecule has 1 saturated heterocycles. The molecule has 1 amide bonds. The van der Waals surface area contributed by atoms with Gasteiger partial charge in [-0.25, -0.2) is 0 Å². The fourth-order valence-electron chi connectivity index (χ4n) is 4.04. The second kappa shape index (κ2) is 8.94. The first-order chi connectivity index (χ1) is 15.0. The summed E-state index contributed by atoms with van der Waals surface area (Å²) in [6, 6.07) is 14.0. The number of esters is 1. The van der Waals surface area contributed by atoms with Crippen LogP contribution in [0.1, 0.15) is 30.1 Å². The number of pyridine rings is 1. The van der Waals surface area contributed by atoms with Crippen LogP contribution in [0.5, 0.6) is 0 Å². The number of nitrogens with zero attached hydrogens (tertiary/aromatic N) is 2. The topological polar surface area (TPSA) is 68.6 Å². The number of carbonyl (C=O) groups excluding carboxylic acids is 2. The van der Waals surface area contributed by atoms with E-state index in [2.05, 4.69) is 0 Å². The average molecular weight is 439 g/mol. The summed E-state index contributed by atoms with van der Waals surface area (Å²) >= 11 is 5.99. The van der Waals surface area contributed by atoms with E-state index in [0.29, 0.717) is 53.2 Å². The predicted octanol–water partition coefficient (Wildman–Crippen LogP) is 4.06. The fourth-order valence-corrected chi connectivity index (χ4v) is 4.17. The van der Waals surface area contributed by atoms with E-state index < -0.39 is 0 Å². The summed E-state index contributed by atoms with van der Waals surface area (Å²) in [4.78, 5) is 40.5. The summed E-state index contributed by atoms with van der Waals surface area (Å²) in [7, 11) is 0. The molecule has 0 aliphatic carbocycles. The molecule has 0 radical (unpaired) electrons. The Labute approximate surface area is 185 Å².